The first-order chi connectivity index (χ1) is 9.97. The molecule has 0 radical (unpaired) electrons. The summed E-state index contributed by atoms with van der Waals surface area (Å²) in [4.78, 5) is 19.9. The zero-order valence-electron chi connectivity index (χ0n) is 13.2. The fourth-order valence-corrected chi connectivity index (χ4v) is 3.95. The number of nitrogens with one attached hydrogen (secondary N) is 1. The average molecular weight is 338 g/mol. The molecule has 22 heavy (non-hydrogen) atoms. The molecule has 2 heterocycles. The van der Waals surface area contributed by atoms with Crippen molar-refractivity contribution in [3.05, 3.63) is 39.4 Å². The Morgan fingerprint density at radius 3 is 2.45 bits per heavy atom. The molecular formula is C16H20ClN3OS. The van der Waals surface area contributed by atoms with Gasteiger partial charge in [0.25, 0.3) is 5.91 Å². The zero-order valence-corrected chi connectivity index (χ0v) is 14.8. The molecule has 2 aliphatic rings. The van der Waals surface area contributed by atoms with Gasteiger partial charge in [-0.1, -0.05) is 17.7 Å². The summed E-state index contributed by atoms with van der Waals surface area (Å²) in [5.74, 6) is -0.0374. The number of anilines is 1. The van der Waals surface area contributed by atoms with E-state index in [1.165, 1.54) is 17.3 Å². The first-order valence-corrected chi connectivity index (χ1v) is 7.89. The number of thioether (sulfide) groups is 1. The van der Waals surface area contributed by atoms with E-state index in [0.29, 0.717) is 0 Å². The quantitative estimate of drug-likeness (QED) is 0.896. The molecular weight excluding hydrogens is 318 g/mol. The standard InChI is InChI=1S/C16H19N3OS.ClH/c1-9-7-10(2)13(11(3)8-9)18-15(20)14-12(4)19-6-5-17-16(19)21-14;/h7-8H,5-6H2,1-4H3,(H,18,20);1H. The Hall–Kier alpha value is -1.46. The number of allylic oxidation sites excluding steroid dienone is 1. The van der Waals surface area contributed by atoms with Crippen molar-refractivity contribution in [3.63, 3.8) is 0 Å². The van der Waals surface area contributed by atoms with Gasteiger partial charge in [0.05, 0.1) is 11.4 Å². The van der Waals surface area contributed by atoms with Gasteiger partial charge < -0.3 is 10.2 Å². The molecule has 0 aromatic heterocycles. The van der Waals surface area contributed by atoms with Gasteiger partial charge in [-0.2, -0.15) is 0 Å². The fourth-order valence-electron chi connectivity index (χ4n) is 2.87. The van der Waals surface area contributed by atoms with Gasteiger partial charge in [-0.25, -0.2) is 0 Å². The minimum atomic E-state index is -0.0374. The van der Waals surface area contributed by atoms with Gasteiger partial charge in [0, 0.05) is 17.9 Å². The van der Waals surface area contributed by atoms with E-state index in [4.69, 9.17) is 0 Å². The summed E-state index contributed by atoms with van der Waals surface area (Å²) in [7, 11) is 0. The van der Waals surface area contributed by atoms with Crippen LogP contribution in [0.25, 0.3) is 0 Å². The Morgan fingerprint density at radius 2 is 1.86 bits per heavy atom. The van der Waals surface area contributed by atoms with Crippen molar-refractivity contribution in [1.29, 1.82) is 0 Å². The summed E-state index contributed by atoms with van der Waals surface area (Å²) >= 11 is 1.48. The summed E-state index contributed by atoms with van der Waals surface area (Å²) in [6.45, 7) is 9.82. The summed E-state index contributed by atoms with van der Waals surface area (Å²) in [5, 5.41) is 4.02. The van der Waals surface area contributed by atoms with Gasteiger partial charge in [-0.05, 0) is 50.6 Å². The van der Waals surface area contributed by atoms with Gasteiger partial charge in [-0.15, -0.1) is 12.4 Å². The lowest BCUT2D eigenvalue weighted by Gasteiger charge is -2.14. The highest BCUT2D eigenvalue weighted by Crippen LogP contribution is 2.37. The Morgan fingerprint density at radius 1 is 1.23 bits per heavy atom. The summed E-state index contributed by atoms with van der Waals surface area (Å²) in [5.41, 5.74) is 5.33. The lowest BCUT2D eigenvalue weighted by atomic mass is 10.1. The van der Waals surface area contributed by atoms with Crippen LogP contribution in [-0.2, 0) is 4.79 Å². The highest BCUT2D eigenvalue weighted by Gasteiger charge is 2.33. The molecule has 4 nitrogen and oxygen atoms in total. The Labute approximate surface area is 141 Å². The average Bonchev–Trinajstić information content (AvgIpc) is 2.97. The van der Waals surface area contributed by atoms with Gasteiger partial charge in [-0.3, -0.25) is 9.79 Å². The predicted octanol–water partition coefficient (Wildman–Crippen LogP) is 3.62. The monoisotopic (exact) mass is 337 g/mol. The van der Waals surface area contributed by atoms with Gasteiger partial charge in [0.15, 0.2) is 5.17 Å². The predicted molar refractivity (Wildman–Crippen MR) is 95.8 cm³/mol. The number of halogens is 1. The summed E-state index contributed by atoms with van der Waals surface area (Å²) in [6, 6.07) is 4.18. The Bertz CT molecular complexity index is 674. The van der Waals surface area contributed by atoms with Crippen LogP contribution in [0.5, 0.6) is 0 Å². The third kappa shape index (κ3) is 2.88. The number of carbonyl (C=O) groups excluding carboxylic acids is 1. The molecule has 0 bridgehead atoms. The van der Waals surface area contributed by atoms with E-state index < -0.39 is 0 Å². The third-order valence-electron chi connectivity index (χ3n) is 3.85. The fraction of sp³-hybridized carbons (Fsp3) is 0.375. The number of fused-ring (bicyclic) bond motifs is 1. The molecule has 1 N–H and O–H groups in total. The van der Waals surface area contributed by atoms with Crippen LogP contribution in [0, 0.1) is 20.8 Å². The minimum Gasteiger partial charge on any atom is -0.322 e. The van der Waals surface area contributed by atoms with Crippen LogP contribution in [0.4, 0.5) is 5.69 Å². The molecule has 3 rings (SSSR count). The molecule has 0 saturated carbocycles. The molecule has 0 atom stereocenters. The van der Waals surface area contributed by atoms with E-state index in [1.807, 2.05) is 20.8 Å². The van der Waals surface area contributed by atoms with Crippen LogP contribution in [0.1, 0.15) is 23.6 Å². The number of rotatable bonds is 2. The number of aryl methyl sites for hydroxylation is 3. The SMILES string of the molecule is CC1=C(C(=O)Nc2c(C)cc(C)cc2C)SC2=NCCN21.Cl. The van der Waals surface area contributed by atoms with E-state index in [-0.39, 0.29) is 18.3 Å². The maximum atomic E-state index is 12.6. The number of amidine groups is 1. The summed E-state index contributed by atoms with van der Waals surface area (Å²) in [6.07, 6.45) is 0. The number of carbonyl (C=O) groups is 1. The molecule has 1 aromatic carbocycles. The Balaban J connectivity index is 0.00000176. The third-order valence-corrected chi connectivity index (χ3v) is 5.07. The number of hydrogen-bond donors (Lipinski definition) is 1. The van der Waals surface area contributed by atoms with Crippen LogP contribution in [-0.4, -0.2) is 29.1 Å². The van der Waals surface area contributed by atoms with Crippen molar-refractivity contribution in [3.8, 4) is 0 Å². The van der Waals surface area contributed by atoms with E-state index in [1.54, 1.807) is 0 Å². The lowest BCUT2D eigenvalue weighted by molar-refractivity contribution is -0.112. The van der Waals surface area contributed by atoms with Crippen LogP contribution < -0.4 is 5.32 Å². The van der Waals surface area contributed by atoms with Crippen LogP contribution >= 0.6 is 24.2 Å². The highest BCUT2D eigenvalue weighted by molar-refractivity contribution is 8.18. The van der Waals surface area contributed by atoms with Crippen molar-refractivity contribution >= 4 is 40.9 Å². The molecule has 0 aliphatic carbocycles. The zero-order chi connectivity index (χ0) is 15.1. The van der Waals surface area contributed by atoms with Gasteiger partial charge >= 0.3 is 0 Å². The molecule has 0 spiro atoms. The van der Waals surface area contributed by atoms with Crippen molar-refractivity contribution in [2.45, 2.75) is 27.7 Å². The second kappa shape index (κ2) is 6.34. The Kier molecular flexibility index (Phi) is 4.87. The first-order valence-electron chi connectivity index (χ1n) is 7.07. The molecule has 0 fully saturated rings. The van der Waals surface area contributed by atoms with E-state index in [0.717, 1.165) is 45.7 Å². The second-order valence-corrected chi connectivity index (χ2v) is 6.54. The molecule has 1 aromatic rings. The highest BCUT2D eigenvalue weighted by atomic mass is 35.5. The van der Waals surface area contributed by atoms with E-state index >= 15 is 0 Å². The molecule has 2 aliphatic heterocycles. The molecule has 0 unspecified atom stereocenters. The topological polar surface area (TPSA) is 44.7 Å². The van der Waals surface area contributed by atoms with Gasteiger partial charge in [0.1, 0.15) is 0 Å². The van der Waals surface area contributed by atoms with Crippen LogP contribution in [0.3, 0.4) is 0 Å². The smallest absolute Gasteiger partial charge is 0.264 e. The largest absolute Gasteiger partial charge is 0.322 e. The van der Waals surface area contributed by atoms with Crippen molar-refractivity contribution in [2.24, 2.45) is 4.99 Å². The number of nitrogens with zero attached hydrogens (tertiary/aromatic N) is 2. The van der Waals surface area contributed by atoms with Crippen LogP contribution in [0.2, 0.25) is 0 Å². The number of hydrogen-bond acceptors (Lipinski definition) is 4. The summed E-state index contributed by atoms with van der Waals surface area (Å²) < 4.78 is 0. The molecule has 0 saturated heterocycles. The molecule has 118 valence electrons. The minimum absolute atomic E-state index is 0. The number of aliphatic imine (C=N–C) groups is 1. The molecule has 6 heteroatoms. The van der Waals surface area contributed by atoms with Crippen molar-refractivity contribution in [2.75, 3.05) is 18.4 Å². The van der Waals surface area contributed by atoms with Gasteiger partial charge in [0.2, 0.25) is 0 Å². The van der Waals surface area contributed by atoms with E-state index in [2.05, 4.69) is 34.3 Å². The first kappa shape index (κ1) is 16.9. The maximum Gasteiger partial charge on any atom is 0.264 e. The van der Waals surface area contributed by atoms with E-state index in [9.17, 15) is 4.79 Å². The maximum absolute atomic E-state index is 12.6. The van der Waals surface area contributed by atoms with Crippen molar-refractivity contribution in [1.82, 2.24) is 4.90 Å². The lowest BCUT2D eigenvalue weighted by Crippen LogP contribution is -2.20. The normalized spacial score (nSPS) is 16.4. The van der Waals surface area contributed by atoms with Crippen LogP contribution in [0.15, 0.2) is 27.7 Å². The second-order valence-electron chi connectivity index (χ2n) is 5.56. The molecule has 1 amide bonds. The van der Waals surface area contributed by atoms with Crippen molar-refractivity contribution < 1.29 is 4.79 Å². The number of amides is 1. The number of benzene rings is 1.